The molecule has 27 heavy (non-hydrogen) atoms. The maximum absolute atomic E-state index is 10.0. The molecule has 0 atom stereocenters. The van der Waals surface area contributed by atoms with E-state index in [1.54, 1.807) is 6.07 Å². The van der Waals surface area contributed by atoms with E-state index in [4.69, 9.17) is 0 Å². The molecular formula is C23H23N3O. The number of phenolic OH excluding ortho intramolecular Hbond substituents is 1. The molecule has 136 valence electrons. The number of fused-ring (bicyclic) bond motifs is 2. The second kappa shape index (κ2) is 6.71. The number of hydrogen-bond donors (Lipinski definition) is 2. The molecule has 1 aliphatic rings. The van der Waals surface area contributed by atoms with Crippen LogP contribution in [0.5, 0.6) is 5.75 Å². The van der Waals surface area contributed by atoms with Gasteiger partial charge in [0, 0.05) is 29.0 Å². The van der Waals surface area contributed by atoms with Gasteiger partial charge in [-0.05, 0) is 55.6 Å². The number of likely N-dealkylation sites (tertiary alicyclic amines) is 1. The fraction of sp³-hybridized carbons (Fsp3) is 0.261. The summed E-state index contributed by atoms with van der Waals surface area (Å²) < 4.78 is 0. The van der Waals surface area contributed by atoms with E-state index >= 15 is 0 Å². The van der Waals surface area contributed by atoms with Crippen LogP contribution in [0.4, 0.5) is 0 Å². The highest BCUT2D eigenvalue weighted by Gasteiger charge is 2.23. The van der Waals surface area contributed by atoms with Crippen LogP contribution in [-0.2, 0) is 6.54 Å². The number of phenols is 1. The van der Waals surface area contributed by atoms with Crippen LogP contribution < -0.4 is 0 Å². The van der Waals surface area contributed by atoms with Crippen molar-refractivity contribution in [3.63, 3.8) is 0 Å². The first-order valence-corrected chi connectivity index (χ1v) is 9.64. The van der Waals surface area contributed by atoms with Crippen LogP contribution >= 0.6 is 0 Å². The number of rotatable bonds is 3. The number of hydrogen-bond acceptors (Lipinski definition) is 3. The third-order valence-electron chi connectivity index (χ3n) is 5.79. The van der Waals surface area contributed by atoms with Gasteiger partial charge < -0.3 is 10.1 Å². The van der Waals surface area contributed by atoms with Crippen molar-refractivity contribution < 1.29 is 5.11 Å². The molecule has 3 heterocycles. The molecule has 0 unspecified atom stereocenters. The summed E-state index contributed by atoms with van der Waals surface area (Å²) >= 11 is 0. The van der Waals surface area contributed by atoms with Crippen LogP contribution in [0, 0.1) is 0 Å². The highest BCUT2D eigenvalue weighted by molar-refractivity contribution is 5.84. The van der Waals surface area contributed by atoms with E-state index in [-0.39, 0.29) is 5.75 Å². The lowest BCUT2D eigenvalue weighted by atomic mass is 9.89. The van der Waals surface area contributed by atoms with Crippen molar-refractivity contribution in [1.82, 2.24) is 14.9 Å². The van der Waals surface area contributed by atoms with E-state index in [1.165, 1.54) is 29.3 Å². The number of aromatic hydroxyl groups is 1. The number of nitrogens with one attached hydrogen (secondary N) is 1. The number of para-hydroxylation sites is 2. The van der Waals surface area contributed by atoms with Crippen LogP contribution in [0.3, 0.4) is 0 Å². The van der Waals surface area contributed by atoms with E-state index < -0.39 is 0 Å². The molecule has 4 nitrogen and oxygen atoms in total. The van der Waals surface area contributed by atoms with Gasteiger partial charge in [-0.3, -0.25) is 4.90 Å². The summed E-state index contributed by atoms with van der Waals surface area (Å²) in [7, 11) is 0. The molecule has 4 aromatic rings. The van der Waals surface area contributed by atoms with Gasteiger partial charge in [0.25, 0.3) is 0 Å². The first-order valence-electron chi connectivity index (χ1n) is 9.64. The molecule has 2 aromatic carbocycles. The van der Waals surface area contributed by atoms with Gasteiger partial charge >= 0.3 is 0 Å². The van der Waals surface area contributed by atoms with E-state index in [2.05, 4.69) is 57.5 Å². The number of benzene rings is 2. The number of aromatic nitrogens is 2. The summed E-state index contributed by atoms with van der Waals surface area (Å²) in [4.78, 5) is 10.6. The number of nitrogens with zero attached hydrogens (tertiary/aromatic N) is 2. The predicted molar refractivity (Wildman–Crippen MR) is 109 cm³/mol. The highest BCUT2D eigenvalue weighted by atomic mass is 16.3. The van der Waals surface area contributed by atoms with Crippen LogP contribution in [0.1, 0.15) is 30.0 Å². The fourth-order valence-corrected chi connectivity index (χ4v) is 4.32. The summed E-state index contributed by atoms with van der Waals surface area (Å²) in [6, 6.07) is 18.2. The average molecular weight is 357 g/mol. The zero-order chi connectivity index (χ0) is 18.2. The Labute approximate surface area is 158 Å². The van der Waals surface area contributed by atoms with Crippen molar-refractivity contribution in [2.75, 3.05) is 13.1 Å². The Kier molecular flexibility index (Phi) is 4.06. The Bertz CT molecular complexity index is 1090. The predicted octanol–water partition coefficient (Wildman–Crippen LogP) is 4.80. The first kappa shape index (κ1) is 16.3. The Morgan fingerprint density at radius 3 is 2.74 bits per heavy atom. The van der Waals surface area contributed by atoms with Crippen molar-refractivity contribution in [3.8, 4) is 5.75 Å². The van der Waals surface area contributed by atoms with Crippen molar-refractivity contribution >= 4 is 21.8 Å². The second-order valence-electron chi connectivity index (χ2n) is 7.49. The van der Waals surface area contributed by atoms with Crippen molar-refractivity contribution in [1.29, 1.82) is 0 Å². The Balaban J connectivity index is 1.29. The Morgan fingerprint density at radius 1 is 1.00 bits per heavy atom. The molecule has 4 heteroatoms. The van der Waals surface area contributed by atoms with Gasteiger partial charge in [-0.2, -0.15) is 0 Å². The number of piperidine rings is 1. The average Bonchev–Trinajstić information content (AvgIpc) is 3.13. The number of aromatic amines is 1. The van der Waals surface area contributed by atoms with Gasteiger partial charge in [-0.1, -0.05) is 36.4 Å². The first-order chi connectivity index (χ1) is 13.3. The maximum Gasteiger partial charge on any atom is 0.141 e. The van der Waals surface area contributed by atoms with E-state index in [0.29, 0.717) is 11.4 Å². The molecule has 0 saturated carbocycles. The fourth-order valence-electron chi connectivity index (χ4n) is 4.32. The number of H-pyrrole nitrogens is 1. The summed E-state index contributed by atoms with van der Waals surface area (Å²) in [6.45, 7) is 2.99. The summed E-state index contributed by atoms with van der Waals surface area (Å²) in [6.07, 6.45) is 4.53. The minimum absolute atomic E-state index is 0.257. The van der Waals surface area contributed by atoms with Crippen LogP contribution in [0.25, 0.3) is 21.8 Å². The minimum atomic E-state index is 0.257. The third kappa shape index (κ3) is 3.06. The lowest BCUT2D eigenvalue weighted by molar-refractivity contribution is 0.203. The molecule has 1 fully saturated rings. The molecule has 2 aromatic heterocycles. The zero-order valence-electron chi connectivity index (χ0n) is 15.2. The standard InChI is InChI=1S/C23H23N3O/c27-22-7-3-4-17-8-9-18(25-23(17)22)15-26-12-10-16(11-13-26)20-14-24-21-6-2-1-5-19(20)21/h1-9,14,16,24,27H,10-13,15H2. The SMILES string of the molecule is Oc1cccc2ccc(CN3CCC(c4c[nH]c5ccccc45)CC3)nc12. The lowest BCUT2D eigenvalue weighted by Crippen LogP contribution is -2.32. The molecule has 1 aliphatic heterocycles. The second-order valence-corrected chi connectivity index (χ2v) is 7.49. The smallest absolute Gasteiger partial charge is 0.141 e. The van der Waals surface area contributed by atoms with Crippen LogP contribution in [-0.4, -0.2) is 33.1 Å². The van der Waals surface area contributed by atoms with Crippen molar-refractivity contribution in [2.24, 2.45) is 0 Å². The van der Waals surface area contributed by atoms with Crippen molar-refractivity contribution in [3.05, 3.63) is 72.1 Å². The zero-order valence-corrected chi connectivity index (χ0v) is 15.2. The number of pyridine rings is 1. The van der Waals surface area contributed by atoms with Crippen molar-refractivity contribution in [2.45, 2.75) is 25.3 Å². The normalized spacial score (nSPS) is 16.3. The highest BCUT2D eigenvalue weighted by Crippen LogP contribution is 2.33. The van der Waals surface area contributed by atoms with Gasteiger partial charge in [0.1, 0.15) is 11.3 Å². The molecule has 5 rings (SSSR count). The molecule has 2 N–H and O–H groups in total. The Morgan fingerprint density at radius 2 is 1.85 bits per heavy atom. The lowest BCUT2D eigenvalue weighted by Gasteiger charge is -2.31. The monoisotopic (exact) mass is 357 g/mol. The van der Waals surface area contributed by atoms with E-state index in [1.807, 2.05) is 12.1 Å². The molecule has 0 aliphatic carbocycles. The minimum Gasteiger partial charge on any atom is -0.506 e. The molecule has 0 radical (unpaired) electrons. The third-order valence-corrected chi connectivity index (χ3v) is 5.79. The van der Waals surface area contributed by atoms with Gasteiger partial charge in [-0.25, -0.2) is 4.98 Å². The quantitative estimate of drug-likeness (QED) is 0.554. The van der Waals surface area contributed by atoms with Gasteiger partial charge in [0.2, 0.25) is 0 Å². The van der Waals surface area contributed by atoms with E-state index in [9.17, 15) is 5.11 Å². The van der Waals surface area contributed by atoms with Crippen LogP contribution in [0.2, 0.25) is 0 Å². The summed E-state index contributed by atoms with van der Waals surface area (Å²) in [5, 5.41) is 12.4. The summed E-state index contributed by atoms with van der Waals surface area (Å²) in [5.74, 6) is 0.874. The molecule has 0 spiro atoms. The topological polar surface area (TPSA) is 52.1 Å². The molecule has 0 bridgehead atoms. The van der Waals surface area contributed by atoms with E-state index in [0.717, 1.165) is 30.7 Å². The molecule has 0 amide bonds. The van der Waals surface area contributed by atoms with Gasteiger partial charge in [-0.15, -0.1) is 0 Å². The Hall–Kier alpha value is -2.85. The van der Waals surface area contributed by atoms with Crippen LogP contribution in [0.15, 0.2) is 60.8 Å². The molecular weight excluding hydrogens is 334 g/mol. The maximum atomic E-state index is 10.0. The summed E-state index contributed by atoms with van der Waals surface area (Å²) in [5.41, 5.74) is 4.41. The van der Waals surface area contributed by atoms with Gasteiger partial charge in [0.05, 0.1) is 5.69 Å². The largest absolute Gasteiger partial charge is 0.506 e. The van der Waals surface area contributed by atoms with Gasteiger partial charge in [0.15, 0.2) is 0 Å². The molecule has 1 saturated heterocycles.